The molecule has 1 heterocycles. The molecule has 0 aliphatic rings. The molecule has 3 aromatic rings. The summed E-state index contributed by atoms with van der Waals surface area (Å²) in [6, 6.07) is 15.6. The molecule has 1 amide bonds. The molecule has 0 saturated carbocycles. The zero-order chi connectivity index (χ0) is 21.3. The predicted octanol–water partition coefficient (Wildman–Crippen LogP) is 3.55. The quantitative estimate of drug-likeness (QED) is 0.398. The molecule has 9 heteroatoms. The van der Waals surface area contributed by atoms with Gasteiger partial charge in [-0.15, -0.1) is 0 Å². The molecule has 0 radical (unpaired) electrons. The average Bonchev–Trinajstić information content (AvgIpc) is 2.73. The topological polar surface area (TPSA) is 125 Å². The molecule has 2 aromatic carbocycles. The lowest BCUT2D eigenvalue weighted by molar-refractivity contribution is -0.139. The number of carbonyl (C=O) groups excluding carboxylic acids is 1. The molecule has 0 saturated heterocycles. The number of carbonyl (C=O) groups is 2. The normalized spacial score (nSPS) is 10.0. The second-order valence-electron chi connectivity index (χ2n) is 6.00. The third-order valence-corrected chi connectivity index (χ3v) is 3.72. The number of amides is 1. The Morgan fingerprint density at radius 3 is 2.53 bits per heavy atom. The van der Waals surface area contributed by atoms with Gasteiger partial charge >= 0.3 is 5.97 Å². The maximum Gasteiger partial charge on any atom is 0.341 e. The molecular weight excluding hydrogens is 386 g/mol. The summed E-state index contributed by atoms with van der Waals surface area (Å²) < 4.78 is 5.10. The van der Waals surface area contributed by atoms with Crippen LogP contribution in [-0.2, 0) is 9.59 Å². The Bertz CT molecular complexity index is 1050. The maximum absolute atomic E-state index is 11.4. The lowest BCUT2D eigenvalue weighted by Crippen LogP contribution is -2.09. The molecule has 1 aromatic heterocycles. The van der Waals surface area contributed by atoms with E-state index in [1.807, 2.05) is 6.07 Å². The van der Waals surface area contributed by atoms with E-state index in [0.29, 0.717) is 28.9 Å². The molecule has 3 rings (SSSR count). The number of hydrogen-bond acceptors (Lipinski definition) is 7. The molecule has 0 unspecified atom stereocenters. The summed E-state index contributed by atoms with van der Waals surface area (Å²) in [6.07, 6.45) is 2.80. The summed E-state index contributed by atoms with van der Waals surface area (Å²) in [5, 5.41) is 17.6. The molecule has 0 bridgehead atoms. The molecule has 0 spiro atoms. The van der Waals surface area contributed by atoms with Gasteiger partial charge in [0, 0.05) is 23.3 Å². The summed E-state index contributed by atoms with van der Waals surface area (Å²) in [7, 11) is 0. The number of carboxylic acid groups (broad SMARTS) is 1. The lowest BCUT2D eigenvalue weighted by atomic mass is 10.2. The van der Waals surface area contributed by atoms with Crippen molar-refractivity contribution in [2.45, 2.75) is 0 Å². The van der Waals surface area contributed by atoms with E-state index in [4.69, 9.17) is 9.84 Å². The Hall–Kier alpha value is -4.40. The molecule has 0 aliphatic heterocycles. The number of aliphatic carboxylic acids is 1. The SMILES string of the molecule is C=CC(=O)Nc1cccc(Nc2ccnc(Nc3ccc(OCC(=O)O)cc3)n2)c1. The van der Waals surface area contributed by atoms with Crippen LogP contribution in [0, 0.1) is 0 Å². The molecular formula is C21H19N5O4. The fourth-order valence-electron chi connectivity index (χ4n) is 2.41. The van der Waals surface area contributed by atoms with Crippen LogP contribution in [0.5, 0.6) is 5.75 Å². The highest BCUT2D eigenvalue weighted by Gasteiger charge is 2.04. The second kappa shape index (κ2) is 9.69. The number of carboxylic acids is 1. The van der Waals surface area contributed by atoms with Crippen molar-refractivity contribution < 1.29 is 19.4 Å². The van der Waals surface area contributed by atoms with Crippen LogP contribution in [0.2, 0.25) is 0 Å². The minimum atomic E-state index is -1.04. The molecule has 9 nitrogen and oxygen atoms in total. The Morgan fingerprint density at radius 1 is 1.03 bits per heavy atom. The Labute approximate surface area is 172 Å². The fourth-order valence-corrected chi connectivity index (χ4v) is 2.41. The zero-order valence-electron chi connectivity index (χ0n) is 15.8. The number of nitrogens with one attached hydrogen (secondary N) is 3. The van der Waals surface area contributed by atoms with Crippen molar-refractivity contribution in [1.29, 1.82) is 0 Å². The molecule has 4 N–H and O–H groups in total. The van der Waals surface area contributed by atoms with Crippen LogP contribution in [0.15, 0.2) is 73.4 Å². The maximum atomic E-state index is 11.4. The number of anilines is 5. The van der Waals surface area contributed by atoms with Crippen molar-refractivity contribution in [2.75, 3.05) is 22.6 Å². The van der Waals surface area contributed by atoms with Gasteiger partial charge < -0.3 is 25.8 Å². The third kappa shape index (κ3) is 6.06. The highest BCUT2D eigenvalue weighted by atomic mass is 16.5. The van der Waals surface area contributed by atoms with Crippen LogP contribution < -0.4 is 20.7 Å². The van der Waals surface area contributed by atoms with Crippen molar-refractivity contribution in [3.63, 3.8) is 0 Å². The Morgan fingerprint density at radius 2 is 1.80 bits per heavy atom. The van der Waals surface area contributed by atoms with E-state index in [2.05, 4.69) is 32.5 Å². The summed E-state index contributed by atoms with van der Waals surface area (Å²) in [6.45, 7) is 3.03. The highest BCUT2D eigenvalue weighted by molar-refractivity contribution is 5.99. The van der Waals surface area contributed by atoms with E-state index in [-0.39, 0.29) is 5.91 Å². The van der Waals surface area contributed by atoms with Crippen molar-refractivity contribution in [3.05, 3.63) is 73.4 Å². The highest BCUT2D eigenvalue weighted by Crippen LogP contribution is 2.21. The minimum Gasteiger partial charge on any atom is -0.482 e. The number of rotatable bonds is 9. The van der Waals surface area contributed by atoms with Gasteiger partial charge in [0.25, 0.3) is 0 Å². The molecule has 152 valence electrons. The first-order chi connectivity index (χ1) is 14.5. The number of ether oxygens (including phenoxy) is 1. The third-order valence-electron chi connectivity index (χ3n) is 3.72. The number of benzene rings is 2. The molecule has 0 aliphatic carbocycles. The van der Waals surface area contributed by atoms with Gasteiger partial charge in [0.1, 0.15) is 11.6 Å². The van der Waals surface area contributed by atoms with Crippen LogP contribution in [0.25, 0.3) is 0 Å². The number of nitrogens with zero attached hydrogens (tertiary/aromatic N) is 2. The van der Waals surface area contributed by atoms with Crippen LogP contribution in [0.3, 0.4) is 0 Å². The smallest absolute Gasteiger partial charge is 0.341 e. The number of hydrogen-bond donors (Lipinski definition) is 4. The zero-order valence-corrected chi connectivity index (χ0v) is 15.8. The van der Waals surface area contributed by atoms with Gasteiger partial charge in [-0.1, -0.05) is 12.6 Å². The lowest BCUT2D eigenvalue weighted by Gasteiger charge is -2.10. The van der Waals surface area contributed by atoms with E-state index >= 15 is 0 Å². The summed E-state index contributed by atoms with van der Waals surface area (Å²) >= 11 is 0. The van der Waals surface area contributed by atoms with Gasteiger partial charge in [-0.25, -0.2) is 9.78 Å². The standard InChI is InChI=1S/C21H19N5O4/c1-2-19(27)24-16-5-3-4-15(12-16)23-18-10-11-22-21(26-18)25-14-6-8-17(9-7-14)30-13-20(28)29/h2-12H,1,13H2,(H,24,27)(H,28,29)(H2,22,23,25,26). The average molecular weight is 405 g/mol. The predicted molar refractivity (Wildman–Crippen MR) is 113 cm³/mol. The first-order valence-corrected chi connectivity index (χ1v) is 8.87. The van der Waals surface area contributed by atoms with E-state index in [1.165, 1.54) is 6.08 Å². The number of aromatic nitrogens is 2. The second-order valence-corrected chi connectivity index (χ2v) is 6.00. The Balaban J connectivity index is 1.65. The van der Waals surface area contributed by atoms with Crippen molar-refractivity contribution in [1.82, 2.24) is 9.97 Å². The molecule has 0 fully saturated rings. The van der Waals surface area contributed by atoms with Crippen LogP contribution >= 0.6 is 0 Å². The van der Waals surface area contributed by atoms with Gasteiger partial charge in [0.2, 0.25) is 11.9 Å². The summed E-state index contributed by atoms with van der Waals surface area (Å²) in [5.41, 5.74) is 2.08. The summed E-state index contributed by atoms with van der Waals surface area (Å²) in [4.78, 5) is 30.6. The minimum absolute atomic E-state index is 0.292. The fraction of sp³-hybridized carbons (Fsp3) is 0.0476. The van der Waals surface area contributed by atoms with Gasteiger partial charge in [0.15, 0.2) is 6.61 Å². The Kier molecular flexibility index (Phi) is 6.57. The van der Waals surface area contributed by atoms with Gasteiger partial charge in [-0.2, -0.15) is 4.98 Å². The monoisotopic (exact) mass is 405 g/mol. The van der Waals surface area contributed by atoms with Crippen molar-refractivity contribution in [3.8, 4) is 5.75 Å². The van der Waals surface area contributed by atoms with Crippen molar-refractivity contribution in [2.24, 2.45) is 0 Å². The van der Waals surface area contributed by atoms with E-state index in [9.17, 15) is 9.59 Å². The molecule has 30 heavy (non-hydrogen) atoms. The van der Waals surface area contributed by atoms with Gasteiger partial charge in [-0.05, 0) is 54.6 Å². The van der Waals surface area contributed by atoms with E-state index in [1.54, 1.807) is 54.7 Å². The summed E-state index contributed by atoms with van der Waals surface area (Å²) in [5.74, 6) is 0.0442. The van der Waals surface area contributed by atoms with Gasteiger partial charge in [0.05, 0.1) is 0 Å². The van der Waals surface area contributed by atoms with Crippen LogP contribution in [-0.4, -0.2) is 33.6 Å². The van der Waals surface area contributed by atoms with Crippen LogP contribution in [0.4, 0.5) is 28.8 Å². The largest absolute Gasteiger partial charge is 0.482 e. The first kappa shape index (κ1) is 20.3. The van der Waals surface area contributed by atoms with E-state index < -0.39 is 12.6 Å². The van der Waals surface area contributed by atoms with E-state index in [0.717, 1.165) is 5.69 Å². The van der Waals surface area contributed by atoms with Gasteiger partial charge in [-0.3, -0.25) is 4.79 Å². The van der Waals surface area contributed by atoms with Crippen molar-refractivity contribution >= 4 is 40.7 Å². The molecule has 0 atom stereocenters. The van der Waals surface area contributed by atoms with Crippen LogP contribution in [0.1, 0.15) is 0 Å². The first-order valence-electron chi connectivity index (χ1n) is 8.87.